The lowest BCUT2D eigenvalue weighted by atomic mass is 10.0. The molecule has 0 radical (unpaired) electrons. The van der Waals surface area contributed by atoms with Crippen molar-refractivity contribution in [3.8, 4) is 0 Å². The number of aryl methyl sites for hydroxylation is 1. The minimum atomic E-state index is -0.0651. The maximum Gasteiger partial charge on any atom is 0.0837 e. The van der Waals surface area contributed by atoms with E-state index in [2.05, 4.69) is 17.3 Å². The molecule has 0 spiro atoms. The molecule has 0 saturated heterocycles. The highest BCUT2D eigenvalue weighted by molar-refractivity contribution is 6.42. The van der Waals surface area contributed by atoms with Crippen LogP contribution in [-0.2, 0) is 7.05 Å². The number of hydrogen-bond donors (Lipinski definition) is 1. The van der Waals surface area contributed by atoms with Gasteiger partial charge in [-0.2, -0.15) is 5.10 Å². The first-order valence-corrected chi connectivity index (χ1v) is 7.53. The molecule has 108 valence electrons. The Morgan fingerprint density at radius 3 is 2.50 bits per heavy atom. The lowest BCUT2D eigenvalue weighted by molar-refractivity contribution is 0.554. The standard InChI is InChI=1S/C14H16Cl3N3/c1-3-6-18-13(14-12(17)8-19-20(14)2)9-4-5-10(15)11(16)7-9/h4-5,7-8,13,18H,3,6H2,1-2H3. The molecule has 0 aliphatic heterocycles. The predicted octanol–water partition coefficient (Wildman–Crippen LogP) is 4.47. The van der Waals surface area contributed by atoms with Gasteiger partial charge in [-0.3, -0.25) is 4.68 Å². The molecule has 20 heavy (non-hydrogen) atoms. The largest absolute Gasteiger partial charge is 0.305 e. The molecule has 2 aromatic rings. The predicted molar refractivity (Wildman–Crippen MR) is 84.8 cm³/mol. The van der Waals surface area contributed by atoms with E-state index in [-0.39, 0.29) is 6.04 Å². The van der Waals surface area contributed by atoms with Crippen LogP contribution in [0.25, 0.3) is 0 Å². The lowest BCUT2D eigenvalue weighted by Crippen LogP contribution is -2.25. The maximum absolute atomic E-state index is 6.26. The van der Waals surface area contributed by atoms with Crippen molar-refractivity contribution < 1.29 is 0 Å². The van der Waals surface area contributed by atoms with Crippen molar-refractivity contribution in [1.29, 1.82) is 0 Å². The molecule has 1 atom stereocenters. The summed E-state index contributed by atoms with van der Waals surface area (Å²) in [5.74, 6) is 0. The number of rotatable bonds is 5. The molecular formula is C14H16Cl3N3. The molecule has 1 aromatic heterocycles. The second kappa shape index (κ2) is 6.81. The van der Waals surface area contributed by atoms with Crippen molar-refractivity contribution in [2.24, 2.45) is 7.05 Å². The van der Waals surface area contributed by atoms with E-state index < -0.39 is 0 Å². The number of halogens is 3. The molecule has 1 N–H and O–H groups in total. The van der Waals surface area contributed by atoms with Crippen LogP contribution in [0.5, 0.6) is 0 Å². The lowest BCUT2D eigenvalue weighted by Gasteiger charge is -2.20. The highest BCUT2D eigenvalue weighted by Gasteiger charge is 2.21. The highest BCUT2D eigenvalue weighted by atomic mass is 35.5. The quantitative estimate of drug-likeness (QED) is 0.875. The molecule has 0 aliphatic rings. The number of benzene rings is 1. The van der Waals surface area contributed by atoms with E-state index >= 15 is 0 Å². The van der Waals surface area contributed by atoms with Crippen molar-refractivity contribution in [2.75, 3.05) is 6.54 Å². The Morgan fingerprint density at radius 1 is 1.20 bits per heavy atom. The number of aromatic nitrogens is 2. The maximum atomic E-state index is 6.26. The molecular weight excluding hydrogens is 317 g/mol. The smallest absolute Gasteiger partial charge is 0.0837 e. The van der Waals surface area contributed by atoms with Gasteiger partial charge in [-0.1, -0.05) is 47.8 Å². The van der Waals surface area contributed by atoms with Crippen LogP contribution >= 0.6 is 34.8 Å². The Bertz CT molecular complexity index is 576. The van der Waals surface area contributed by atoms with E-state index in [4.69, 9.17) is 34.8 Å². The molecule has 0 amide bonds. The fourth-order valence-electron chi connectivity index (χ4n) is 2.10. The third-order valence-corrected chi connectivity index (χ3v) is 4.12. The monoisotopic (exact) mass is 331 g/mol. The van der Waals surface area contributed by atoms with Crippen molar-refractivity contribution in [1.82, 2.24) is 15.1 Å². The van der Waals surface area contributed by atoms with Crippen LogP contribution in [0.2, 0.25) is 15.1 Å². The summed E-state index contributed by atoms with van der Waals surface area (Å²) in [6, 6.07) is 5.54. The van der Waals surface area contributed by atoms with Gasteiger partial charge in [0, 0.05) is 7.05 Å². The normalized spacial score (nSPS) is 12.7. The second-order valence-corrected chi connectivity index (χ2v) is 5.78. The number of nitrogens with zero attached hydrogens (tertiary/aromatic N) is 2. The van der Waals surface area contributed by atoms with Crippen LogP contribution in [-0.4, -0.2) is 16.3 Å². The molecule has 6 heteroatoms. The Hall–Kier alpha value is -0.740. The summed E-state index contributed by atoms with van der Waals surface area (Å²) in [6.07, 6.45) is 2.67. The van der Waals surface area contributed by atoms with Crippen LogP contribution in [0, 0.1) is 0 Å². The summed E-state index contributed by atoms with van der Waals surface area (Å²) in [5, 5.41) is 9.37. The first-order chi connectivity index (χ1) is 9.54. The van der Waals surface area contributed by atoms with Crippen molar-refractivity contribution in [2.45, 2.75) is 19.4 Å². The summed E-state index contributed by atoms with van der Waals surface area (Å²) in [6.45, 7) is 2.98. The molecule has 1 unspecified atom stereocenters. The van der Waals surface area contributed by atoms with Crippen molar-refractivity contribution in [3.63, 3.8) is 0 Å². The molecule has 0 bridgehead atoms. The van der Waals surface area contributed by atoms with Crippen LogP contribution in [0.4, 0.5) is 0 Å². The Balaban J connectivity index is 2.44. The number of nitrogens with one attached hydrogen (secondary N) is 1. The zero-order valence-corrected chi connectivity index (χ0v) is 13.6. The summed E-state index contributed by atoms with van der Waals surface area (Å²) in [7, 11) is 1.87. The van der Waals surface area contributed by atoms with Crippen LogP contribution < -0.4 is 5.32 Å². The first-order valence-electron chi connectivity index (χ1n) is 6.40. The van der Waals surface area contributed by atoms with Gasteiger partial charge < -0.3 is 5.32 Å². The minimum Gasteiger partial charge on any atom is -0.305 e. The van der Waals surface area contributed by atoms with Gasteiger partial charge in [0.25, 0.3) is 0 Å². The Morgan fingerprint density at radius 2 is 1.95 bits per heavy atom. The molecule has 0 fully saturated rings. The highest BCUT2D eigenvalue weighted by Crippen LogP contribution is 2.31. The molecule has 3 nitrogen and oxygen atoms in total. The average molecular weight is 333 g/mol. The fourth-order valence-corrected chi connectivity index (χ4v) is 2.68. The van der Waals surface area contributed by atoms with Gasteiger partial charge in [-0.05, 0) is 30.7 Å². The van der Waals surface area contributed by atoms with Crippen molar-refractivity contribution in [3.05, 3.63) is 50.7 Å². The molecule has 1 aromatic carbocycles. The topological polar surface area (TPSA) is 29.9 Å². The van der Waals surface area contributed by atoms with Gasteiger partial charge in [0.1, 0.15) is 0 Å². The molecule has 0 saturated carbocycles. The Labute approximate surface area is 133 Å². The molecule has 0 aliphatic carbocycles. The van der Waals surface area contributed by atoms with Gasteiger partial charge in [0.05, 0.1) is 33.0 Å². The zero-order chi connectivity index (χ0) is 14.7. The van der Waals surface area contributed by atoms with Gasteiger partial charge in [0.2, 0.25) is 0 Å². The summed E-state index contributed by atoms with van der Waals surface area (Å²) in [4.78, 5) is 0. The van der Waals surface area contributed by atoms with E-state index in [1.165, 1.54) is 0 Å². The van der Waals surface area contributed by atoms with E-state index in [1.807, 2.05) is 19.2 Å². The molecule has 1 heterocycles. The third kappa shape index (κ3) is 3.29. The van der Waals surface area contributed by atoms with E-state index in [1.54, 1.807) is 16.9 Å². The zero-order valence-electron chi connectivity index (χ0n) is 11.3. The van der Waals surface area contributed by atoms with Gasteiger partial charge in [-0.15, -0.1) is 0 Å². The van der Waals surface area contributed by atoms with E-state index in [0.717, 1.165) is 24.2 Å². The van der Waals surface area contributed by atoms with Crippen LogP contribution in [0.15, 0.2) is 24.4 Å². The van der Waals surface area contributed by atoms with Gasteiger partial charge in [-0.25, -0.2) is 0 Å². The van der Waals surface area contributed by atoms with Crippen LogP contribution in [0.3, 0.4) is 0 Å². The summed E-state index contributed by atoms with van der Waals surface area (Å²) >= 11 is 18.4. The van der Waals surface area contributed by atoms with Gasteiger partial charge >= 0.3 is 0 Å². The fraction of sp³-hybridized carbons (Fsp3) is 0.357. The average Bonchev–Trinajstić information content (AvgIpc) is 2.75. The first kappa shape index (κ1) is 15.6. The van der Waals surface area contributed by atoms with E-state index in [9.17, 15) is 0 Å². The third-order valence-electron chi connectivity index (χ3n) is 3.09. The van der Waals surface area contributed by atoms with Crippen molar-refractivity contribution >= 4 is 34.8 Å². The molecule has 2 rings (SSSR count). The number of hydrogen-bond acceptors (Lipinski definition) is 2. The summed E-state index contributed by atoms with van der Waals surface area (Å²) < 4.78 is 1.78. The minimum absolute atomic E-state index is 0.0651. The Kier molecular flexibility index (Phi) is 5.33. The van der Waals surface area contributed by atoms with E-state index in [0.29, 0.717) is 15.1 Å². The second-order valence-electron chi connectivity index (χ2n) is 4.56. The van der Waals surface area contributed by atoms with Gasteiger partial charge in [0.15, 0.2) is 0 Å². The summed E-state index contributed by atoms with van der Waals surface area (Å²) in [5.41, 5.74) is 1.93. The van der Waals surface area contributed by atoms with Crippen LogP contribution in [0.1, 0.15) is 30.6 Å². The SMILES string of the molecule is CCCNC(c1ccc(Cl)c(Cl)c1)c1c(Cl)cnn1C.